The van der Waals surface area contributed by atoms with Crippen LogP contribution in [0, 0.1) is 6.07 Å². The predicted molar refractivity (Wildman–Crippen MR) is 79.2 cm³/mol. The van der Waals surface area contributed by atoms with Crippen LogP contribution in [0.5, 0.6) is 0 Å². The van der Waals surface area contributed by atoms with Gasteiger partial charge in [0.1, 0.15) is 0 Å². The van der Waals surface area contributed by atoms with Gasteiger partial charge in [0.15, 0.2) is 11.6 Å². The molecular weight excluding hydrogens is 268 g/mol. The van der Waals surface area contributed by atoms with Gasteiger partial charge in [-0.1, -0.05) is 12.1 Å². The van der Waals surface area contributed by atoms with Gasteiger partial charge in [0, 0.05) is 35.3 Å². The molecule has 1 aliphatic rings. The third-order valence-corrected chi connectivity index (χ3v) is 3.52. The predicted octanol–water partition coefficient (Wildman–Crippen LogP) is 1.89. The highest BCUT2D eigenvalue weighted by atomic mass is 16.7. The number of benzene rings is 1. The van der Waals surface area contributed by atoms with Crippen LogP contribution in [0.1, 0.15) is 24.2 Å². The molecule has 1 aromatic carbocycles. The molecule has 5 nitrogen and oxygen atoms in total. The van der Waals surface area contributed by atoms with Crippen molar-refractivity contribution in [3.05, 3.63) is 36.0 Å². The molecule has 2 N–H and O–H groups in total. The first-order chi connectivity index (χ1) is 10.0. The molecule has 111 valence electrons. The largest absolute Gasteiger partial charge is 0.361 e. The summed E-state index contributed by atoms with van der Waals surface area (Å²) in [5.74, 6) is -0.462. The van der Waals surface area contributed by atoms with Gasteiger partial charge in [-0.3, -0.25) is 4.79 Å². The maximum atomic E-state index is 12.2. The topological polar surface area (TPSA) is 63.3 Å². The van der Waals surface area contributed by atoms with E-state index in [0.717, 1.165) is 10.9 Å². The molecule has 0 bridgehead atoms. The standard InChI is InChI=1S/C16H19N2O3/c1-16(2)20-10-13(21-16)8-17-9-15(19)12-4-3-11-5-6-18-14(11)7-12/h3-4,6-7,13,17-18H,8-10H2,1-2H3. The minimum absolute atomic E-state index is 0.00622. The molecule has 1 aliphatic heterocycles. The minimum Gasteiger partial charge on any atom is -0.361 e. The third kappa shape index (κ3) is 3.32. The number of carbonyl (C=O) groups excluding carboxylic acids is 1. The Bertz CT molecular complexity index is 648. The maximum absolute atomic E-state index is 12.2. The second-order valence-electron chi connectivity index (χ2n) is 5.70. The van der Waals surface area contributed by atoms with Gasteiger partial charge >= 0.3 is 0 Å². The van der Waals surface area contributed by atoms with E-state index in [1.165, 1.54) is 0 Å². The second kappa shape index (κ2) is 5.60. The first kappa shape index (κ1) is 14.3. The van der Waals surface area contributed by atoms with Gasteiger partial charge < -0.3 is 19.8 Å². The van der Waals surface area contributed by atoms with E-state index in [4.69, 9.17) is 9.47 Å². The molecule has 21 heavy (non-hydrogen) atoms. The van der Waals surface area contributed by atoms with Crippen LogP contribution in [0.25, 0.3) is 10.9 Å². The zero-order chi connectivity index (χ0) is 14.9. The fourth-order valence-electron chi connectivity index (χ4n) is 2.47. The Hall–Kier alpha value is -1.69. The van der Waals surface area contributed by atoms with Crippen LogP contribution in [-0.2, 0) is 9.47 Å². The average molecular weight is 287 g/mol. The van der Waals surface area contributed by atoms with Crippen molar-refractivity contribution in [1.29, 1.82) is 0 Å². The number of hydrogen-bond donors (Lipinski definition) is 2. The minimum atomic E-state index is -0.522. The number of ether oxygens (including phenoxy) is 2. The molecule has 1 aromatic heterocycles. The van der Waals surface area contributed by atoms with E-state index in [1.54, 1.807) is 6.20 Å². The number of aromatic nitrogens is 1. The van der Waals surface area contributed by atoms with E-state index in [1.807, 2.05) is 32.0 Å². The van der Waals surface area contributed by atoms with Crippen LogP contribution in [0.15, 0.2) is 24.4 Å². The molecule has 5 heteroatoms. The first-order valence-corrected chi connectivity index (χ1v) is 7.08. The number of aromatic amines is 1. The monoisotopic (exact) mass is 287 g/mol. The Kier molecular flexibility index (Phi) is 3.80. The van der Waals surface area contributed by atoms with Crippen LogP contribution in [0.4, 0.5) is 0 Å². The van der Waals surface area contributed by atoms with Crippen LogP contribution in [-0.4, -0.2) is 42.4 Å². The summed E-state index contributed by atoms with van der Waals surface area (Å²) in [6, 6.07) is 8.64. The Morgan fingerprint density at radius 1 is 1.52 bits per heavy atom. The molecule has 1 unspecified atom stereocenters. The van der Waals surface area contributed by atoms with Crippen molar-refractivity contribution in [3.63, 3.8) is 0 Å². The van der Waals surface area contributed by atoms with Gasteiger partial charge in [0.05, 0.1) is 19.3 Å². The number of hydrogen-bond acceptors (Lipinski definition) is 4. The van der Waals surface area contributed by atoms with Gasteiger partial charge in [0.25, 0.3) is 0 Å². The van der Waals surface area contributed by atoms with Crippen LogP contribution >= 0.6 is 0 Å². The molecule has 3 rings (SSSR count). The SMILES string of the molecule is CC1(C)OCC(CNCC(=O)c2ccc3[c]c[nH]c3c2)O1. The summed E-state index contributed by atoms with van der Waals surface area (Å²) in [5, 5.41) is 4.12. The lowest BCUT2D eigenvalue weighted by Gasteiger charge is -2.17. The van der Waals surface area contributed by atoms with Crippen molar-refractivity contribution in [1.82, 2.24) is 10.3 Å². The summed E-state index contributed by atoms with van der Waals surface area (Å²) in [7, 11) is 0. The maximum Gasteiger partial charge on any atom is 0.176 e. The molecule has 0 spiro atoms. The van der Waals surface area contributed by atoms with Crippen molar-refractivity contribution in [2.75, 3.05) is 19.7 Å². The van der Waals surface area contributed by atoms with E-state index in [9.17, 15) is 4.79 Å². The van der Waals surface area contributed by atoms with Crippen molar-refractivity contribution in [2.45, 2.75) is 25.7 Å². The quantitative estimate of drug-likeness (QED) is 0.824. The van der Waals surface area contributed by atoms with Gasteiger partial charge in [-0.25, -0.2) is 0 Å². The fraction of sp³-hybridized carbons (Fsp3) is 0.438. The van der Waals surface area contributed by atoms with E-state index < -0.39 is 5.79 Å². The number of fused-ring (bicyclic) bond motifs is 1. The average Bonchev–Trinajstić information content (AvgIpc) is 3.04. The molecule has 1 fully saturated rings. The number of H-pyrrole nitrogens is 1. The van der Waals surface area contributed by atoms with Crippen molar-refractivity contribution >= 4 is 16.7 Å². The molecule has 0 saturated carbocycles. The smallest absolute Gasteiger partial charge is 0.176 e. The number of carbonyl (C=O) groups is 1. The molecule has 1 atom stereocenters. The summed E-state index contributed by atoms with van der Waals surface area (Å²) in [6.45, 7) is 5.23. The third-order valence-electron chi connectivity index (χ3n) is 3.52. The van der Waals surface area contributed by atoms with Gasteiger partial charge in [-0.05, 0) is 19.9 Å². The number of ketones is 1. The lowest BCUT2D eigenvalue weighted by molar-refractivity contribution is -0.137. The normalized spacial score (nSPS) is 21.0. The number of rotatable bonds is 5. The van der Waals surface area contributed by atoms with Gasteiger partial charge in [-0.15, -0.1) is 0 Å². The van der Waals surface area contributed by atoms with E-state index >= 15 is 0 Å². The summed E-state index contributed by atoms with van der Waals surface area (Å²) in [4.78, 5) is 15.2. The van der Waals surface area contributed by atoms with E-state index in [2.05, 4.69) is 16.4 Å². The fourth-order valence-corrected chi connectivity index (χ4v) is 2.47. The Balaban J connectivity index is 1.52. The van der Waals surface area contributed by atoms with E-state index in [0.29, 0.717) is 18.7 Å². The van der Waals surface area contributed by atoms with Crippen molar-refractivity contribution < 1.29 is 14.3 Å². The van der Waals surface area contributed by atoms with Crippen LogP contribution in [0.3, 0.4) is 0 Å². The molecule has 0 aliphatic carbocycles. The van der Waals surface area contributed by atoms with Crippen molar-refractivity contribution in [2.24, 2.45) is 0 Å². The van der Waals surface area contributed by atoms with Crippen LogP contribution < -0.4 is 5.32 Å². The molecule has 1 radical (unpaired) electrons. The Morgan fingerprint density at radius 2 is 2.38 bits per heavy atom. The highest BCUT2D eigenvalue weighted by Gasteiger charge is 2.32. The second-order valence-corrected chi connectivity index (χ2v) is 5.70. The van der Waals surface area contributed by atoms with Crippen molar-refractivity contribution in [3.8, 4) is 0 Å². The number of Topliss-reactive ketones (excluding diaryl/α,β-unsaturated/α-hetero) is 1. The molecular formula is C16H19N2O3. The summed E-state index contributed by atoms with van der Waals surface area (Å²) in [5.41, 5.74) is 1.62. The highest BCUT2D eigenvalue weighted by Crippen LogP contribution is 2.21. The lowest BCUT2D eigenvalue weighted by atomic mass is 10.1. The van der Waals surface area contributed by atoms with Gasteiger partial charge in [-0.2, -0.15) is 0 Å². The zero-order valence-electron chi connectivity index (χ0n) is 12.2. The Morgan fingerprint density at radius 3 is 3.14 bits per heavy atom. The summed E-state index contributed by atoms with van der Waals surface area (Å²) < 4.78 is 11.2. The molecule has 2 heterocycles. The lowest BCUT2D eigenvalue weighted by Crippen LogP contribution is -2.33. The van der Waals surface area contributed by atoms with E-state index in [-0.39, 0.29) is 18.4 Å². The first-order valence-electron chi connectivity index (χ1n) is 7.08. The summed E-state index contributed by atoms with van der Waals surface area (Å²) in [6.07, 6.45) is 1.74. The number of nitrogens with one attached hydrogen (secondary N) is 2. The zero-order valence-corrected chi connectivity index (χ0v) is 12.2. The Labute approximate surface area is 123 Å². The van der Waals surface area contributed by atoms with Gasteiger partial charge in [0.2, 0.25) is 0 Å². The highest BCUT2D eigenvalue weighted by molar-refractivity contribution is 6.00. The van der Waals surface area contributed by atoms with Crippen LogP contribution in [0.2, 0.25) is 0 Å². The molecule has 0 amide bonds. The summed E-state index contributed by atoms with van der Waals surface area (Å²) >= 11 is 0. The molecule has 2 aromatic rings. The molecule has 1 saturated heterocycles.